The second-order valence-electron chi connectivity index (χ2n) is 5.82. The van der Waals surface area contributed by atoms with E-state index in [1.165, 1.54) is 12.8 Å². The van der Waals surface area contributed by atoms with Crippen LogP contribution in [-0.2, 0) is 11.3 Å². The molecule has 0 spiro atoms. The van der Waals surface area contributed by atoms with Crippen molar-refractivity contribution < 1.29 is 4.74 Å². The van der Waals surface area contributed by atoms with Crippen molar-refractivity contribution in [3.8, 4) is 0 Å². The van der Waals surface area contributed by atoms with Gasteiger partial charge >= 0.3 is 0 Å². The van der Waals surface area contributed by atoms with Crippen LogP contribution in [0.2, 0.25) is 0 Å². The second-order valence-corrected chi connectivity index (χ2v) is 5.82. The zero-order chi connectivity index (χ0) is 15.1. The minimum Gasteiger partial charge on any atom is -0.383 e. The Morgan fingerprint density at radius 2 is 2.19 bits per heavy atom. The summed E-state index contributed by atoms with van der Waals surface area (Å²) in [7, 11) is 1.74. The lowest BCUT2D eigenvalue weighted by Crippen LogP contribution is -2.38. The third kappa shape index (κ3) is 4.93. The SMILES string of the molecule is CCCNCc1ccc(N(CCOC)C(C)C2CC2)nn1. The van der Waals surface area contributed by atoms with E-state index in [0.29, 0.717) is 6.04 Å². The highest BCUT2D eigenvalue weighted by atomic mass is 16.5. The minimum atomic E-state index is 0.513. The van der Waals surface area contributed by atoms with E-state index < -0.39 is 0 Å². The lowest BCUT2D eigenvalue weighted by molar-refractivity contribution is 0.202. The molecule has 0 amide bonds. The quantitative estimate of drug-likeness (QED) is 0.670. The van der Waals surface area contributed by atoms with E-state index in [1.807, 2.05) is 0 Å². The van der Waals surface area contributed by atoms with Gasteiger partial charge in [0, 0.05) is 26.2 Å². The van der Waals surface area contributed by atoms with Crippen LogP contribution >= 0.6 is 0 Å². The van der Waals surface area contributed by atoms with E-state index in [-0.39, 0.29) is 0 Å². The fraction of sp³-hybridized carbons (Fsp3) is 0.750. The van der Waals surface area contributed by atoms with Crippen molar-refractivity contribution in [1.29, 1.82) is 0 Å². The van der Waals surface area contributed by atoms with Gasteiger partial charge in [0.25, 0.3) is 0 Å². The van der Waals surface area contributed by atoms with Gasteiger partial charge in [0.15, 0.2) is 5.82 Å². The highest BCUT2D eigenvalue weighted by molar-refractivity contribution is 5.39. The fourth-order valence-electron chi connectivity index (χ4n) is 2.54. The molecule has 1 unspecified atom stereocenters. The molecule has 0 radical (unpaired) electrons. The smallest absolute Gasteiger partial charge is 0.151 e. The molecule has 1 atom stereocenters. The summed E-state index contributed by atoms with van der Waals surface area (Å²) in [5.74, 6) is 1.76. The molecular formula is C16H28N4O. The summed E-state index contributed by atoms with van der Waals surface area (Å²) >= 11 is 0. The van der Waals surface area contributed by atoms with Crippen LogP contribution in [0.4, 0.5) is 5.82 Å². The van der Waals surface area contributed by atoms with Gasteiger partial charge in [0.2, 0.25) is 0 Å². The largest absolute Gasteiger partial charge is 0.383 e. The van der Waals surface area contributed by atoms with Crippen molar-refractivity contribution in [1.82, 2.24) is 15.5 Å². The van der Waals surface area contributed by atoms with Crippen LogP contribution < -0.4 is 10.2 Å². The predicted octanol–water partition coefficient (Wildman–Crippen LogP) is 2.23. The molecule has 0 bridgehead atoms. The molecule has 0 aliphatic heterocycles. The van der Waals surface area contributed by atoms with Crippen LogP contribution in [-0.4, -0.2) is 43.0 Å². The first-order chi connectivity index (χ1) is 10.3. The number of rotatable bonds is 10. The zero-order valence-electron chi connectivity index (χ0n) is 13.5. The third-order valence-electron chi connectivity index (χ3n) is 4.07. The second kappa shape index (κ2) is 8.29. The van der Waals surface area contributed by atoms with Crippen molar-refractivity contribution in [3.05, 3.63) is 17.8 Å². The van der Waals surface area contributed by atoms with Gasteiger partial charge in [-0.05, 0) is 50.8 Å². The standard InChI is InChI=1S/C16H28N4O/c1-4-9-17-12-15-7-8-16(19-18-15)20(10-11-21-3)13(2)14-5-6-14/h7-8,13-14,17H,4-6,9-12H2,1-3H3. The summed E-state index contributed by atoms with van der Waals surface area (Å²) in [5.41, 5.74) is 0.998. The number of ether oxygens (including phenoxy) is 1. The van der Waals surface area contributed by atoms with Crippen molar-refractivity contribution in [2.45, 2.75) is 45.7 Å². The van der Waals surface area contributed by atoms with Gasteiger partial charge in [-0.15, -0.1) is 5.10 Å². The van der Waals surface area contributed by atoms with Crippen LogP contribution in [0.3, 0.4) is 0 Å². The average Bonchev–Trinajstić information content (AvgIpc) is 3.34. The van der Waals surface area contributed by atoms with Crippen molar-refractivity contribution in [2.75, 3.05) is 31.7 Å². The molecule has 1 N–H and O–H groups in total. The topological polar surface area (TPSA) is 50.3 Å². The lowest BCUT2D eigenvalue weighted by Gasteiger charge is -2.29. The number of hydrogen-bond acceptors (Lipinski definition) is 5. The molecule has 5 nitrogen and oxygen atoms in total. The van der Waals surface area contributed by atoms with Crippen LogP contribution in [0, 0.1) is 5.92 Å². The summed E-state index contributed by atoms with van der Waals surface area (Å²) in [6.45, 7) is 7.84. The number of nitrogens with one attached hydrogen (secondary N) is 1. The predicted molar refractivity (Wildman–Crippen MR) is 85.4 cm³/mol. The zero-order valence-corrected chi connectivity index (χ0v) is 13.5. The molecule has 2 rings (SSSR count). The molecule has 1 aliphatic rings. The molecule has 0 aromatic carbocycles. The van der Waals surface area contributed by atoms with Gasteiger partial charge in [-0.25, -0.2) is 0 Å². The molecule has 1 aliphatic carbocycles. The number of hydrogen-bond donors (Lipinski definition) is 1. The average molecular weight is 292 g/mol. The highest BCUT2D eigenvalue weighted by Crippen LogP contribution is 2.36. The van der Waals surface area contributed by atoms with Gasteiger partial charge in [-0.3, -0.25) is 0 Å². The van der Waals surface area contributed by atoms with Gasteiger partial charge in [0.1, 0.15) is 0 Å². The minimum absolute atomic E-state index is 0.513. The summed E-state index contributed by atoms with van der Waals surface area (Å²) in [4.78, 5) is 2.33. The van der Waals surface area contributed by atoms with Crippen LogP contribution in [0.1, 0.15) is 38.8 Å². The van der Waals surface area contributed by atoms with E-state index in [4.69, 9.17) is 4.74 Å². The third-order valence-corrected chi connectivity index (χ3v) is 4.07. The Kier molecular flexibility index (Phi) is 6.39. The Labute approximate surface area is 128 Å². The molecule has 1 saturated carbocycles. The highest BCUT2D eigenvalue weighted by Gasteiger charge is 2.32. The summed E-state index contributed by atoms with van der Waals surface area (Å²) < 4.78 is 5.23. The summed E-state index contributed by atoms with van der Waals surface area (Å²) in [6, 6.07) is 4.67. The first kappa shape index (κ1) is 16.2. The first-order valence-electron chi connectivity index (χ1n) is 8.05. The molecule has 5 heteroatoms. The number of methoxy groups -OCH3 is 1. The Morgan fingerprint density at radius 1 is 1.38 bits per heavy atom. The number of nitrogens with zero attached hydrogens (tertiary/aromatic N) is 3. The van der Waals surface area contributed by atoms with E-state index in [0.717, 1.165) is 50.1 Å². The Hall–Kier alpha value is -1.20. The molecule has 1 aromatic heterocycles. The first-order valence-corrected chi connectivity index (χ1v) is 8.05. The van der Waals surface area contributed by atoms with Crippen molar-refractivity contribution in [2.24, 2.45) is 5.92 Å². The normalized spacial score (nSPS) is 16.0. The fourth-order valence-corrected chi connectivity index (χ4v) is 2.54. The van der Waals surface area contributed by atoms with Crippen molar-refractivity contribution >= 4 is 5.82 Å². The van der Waals surface area contributed by atoms with Gasteiger partial charge in [-0.2, -0.15) is 5.10 Å². The van der Waals surface area contributed by atoms with Gasteiger partial charge in [-0.1, -0.05) is 6.92 Å². The Bertz CT molecular complexity index is 405. The number of aromatic nitrogens is 2. The molecule has 1 aromatic rings. The summed E-state index contributed by atoms with van der Waals surface area (Å²) in [6.07, 6.45) is 3.80. The van der Waals surface area contributed by atoms with Crippen molar-refractivity contribution in [3.63, 3.8) is 0 Å². The van der Waals surface area contributed by atoms with E-state index in [9.17, 15) is 0 Å². The van der Waals surface area contributed by atoms with Crippen LogP contribution in [0.15, 0.2) is 12.1 Å². The van der Waals surface area contributed by atoms with E-state index >= 15 is 0 Å². The molecule has 1 fully saturated rings. The Balaban J connectivity index is 1.97. The maximum absolute atomic E-state index is 5.23. The molecular weight excluding hydrogens is 264 g/mol. The lowest BCUT2D eigenvalue weighted by atomic mass is 10.2. The molecule has 0 saturated heterocycles. The maximum Gasteiger partial charge on any atom is 0.151 e. The van der Waals surface area contributed by atoms with E-state index in [2.05, 4.69) is 46.4 Å². The number of anilines is 1. The van der Waals surface area contributed by atoms with Gasteiger partial charge in [0.05, 0.1) is 12.3 Å². The molecule has 1 heterocycles. The van der Waals surface area contributed by atoms with Crippen LogP contribution in [0.5, 0.6) is 0 Å². The monoisotopic (exact) mass is 292 g/mol. The Morgan fingerprint density at radius 3 is 2.76 bits per heavy atom. The maximum atomic E-state index is 5.23. The van der Waals surface area contributed by atoms with Crippen LogP contribution in [0.25, 0.3) is 0 Å². The van der Waals surface area contributed by atoms with E-state index in [1.54, 1.807) is 7.11 Å². The summed E-state index contributed by atoms with van der Waals surface area (Å²) in [5, 5.41) is 12.1. The van der Waals surface area contributed by atoms with Gasteiger partial charge < -0.3 is 15.0 Å². The molecule has 118 valence electrons. The molecule has 21 heavy (non-hydrogen) atoms.